The first-order chi connectivity index (χ1) is 9.54. The zero-order valence-electron chi connectivity index (χ0n) is 12.0. The van der Waals surface area contributed by atoms with E-state index in [9.17, 15) is 0 Å². The summed E-state index contributed by atoms with van der Waals surface area (Å²) in [5.74, 6) is 1.18. The molecule has 0 atom stereocenters. The summed E-state index contributed by atoms with van der Waals surface area (Å²) in [6.07, 6.45) is 0. The topological polar surface area (TPSA) is 34.1 Å². The maximum atomic E-state index is 6.16. The number of hydrogen-bond donors (Lipinski definition) is 1. The van der Waals surface area contributed by atoms with Crippen LogP contribution in [-0.2, 0) is 6.54 Å². The number of nitrogens with one attached hydrogen (secondary N) is 1. The Hall–Kier alpha value is -1.58. The van der Waals surface area contributed by atoms with Crippen molar-refractivity contribution in [2.45, 2.75) is 33.4 Å². The zero-order chi connectivity index (χ0) is 14.5. The average Bonchev–Trinajstić information content (AvgIpc) is 2.40. The Labute approximate surface area is 124 Å². The van der Waals surface area contributed by atoms with E-state index in [0.717, 1.165) is 17.8 Å². The average molecular weight is 291 g/mol. The van der Waals surface area contributed by atoms with Crippen molar-refractivity contribution in [3.8, 4) is 11.6 Å². The minimum Gasteiger partial charge on any atom is -0.437 e. The Morgan fingerprint density at radius 2 is 2.05 bits per heavy atom. The number of pyridine rings is 1. The fraction of sp³-hybridized carbons (Fsp3) is 0.312. The number of hydrogen-bond acceptors (Lipinski definition) is 3. The van der Waals surface area contributed by atoms with Crippen LogP contribution in [0.3, 0.4) is 0 Å². The van der Waals surface area contributed by atoms with Crippen LogP contribution in [0.15, 0.2) is 36.4 Å². The number of rotatable bonds is 5. The maximum absolute atomic E-state index is 6.16. The quantitative estimate of drug-likeness (QED) is 0.890. The molecule has 3 nitrogen and oxygen atoms in total. The first-order valence-electron chi connectivity index (χ1n) is 6.68. The van der Waals surface area contributed by atoms with Gasteiger partial charge in [0, 0.05) is 18.7 Å². The van der Waals surface area contributed by atoms with Crippen molar-refractivity contribution < 1.29 is 4.74 Å². The van der Waals surface area contributed by atoms with E-state index < -0.39 is 0 Å². The monoisotopic (exact) mass is 290 g/mol. The first-order valence-corrected chi connectivity index (χ1v) is 7.05. The van der Waals surface area contributed by atoms with Crippen LogP contribution < -0.4 is 10.1 Å². The van der Waals surface area contributed by atoms with Crippen molar-refractivity contribution >= 4 is 11.6 Å². The van der Waals surface area contributed by atoms with Crippen LogP contribution in [0, 0.1) is 6.92 Å². The van der Waals surface area contributed by atoms with Gasteiger partial charge in [-0.2, -0.15) is 0 Å². The van der Waals surface area contributed by atoms with Gasteiger partial charge in [-0.3, -0.25) is 0 Å². The molecule has 0 aliphatic carbocycles. The molecule has 1 aromatic heterocycles. The third-order valence-corrected chi connectivity index (χ3v) is 3.07. The Morgan fingerprint density at radius 1 is 1.25 bits per heavy atom. The molecule has 0 amide bonds. The molecule has 0 saturated carbocycles. The minimum atomic E-state index is 0.424. The molecule has 1 aromatic carbocycles. The third kappa shape index (κ3) is 4.22. The Balaban J connectivity index is 2.11. The van der Waals surface area contributed by atoms with Gasteiger partial charge < -0.3 is 10.1 Å². The van der Waals surface area contributed by atoms with Crippen LogP contribution >= 0.6 is 11.6 Å². The summed E-state index contributed by atoms with van der Waals surface area (Å²) in [4.78, 5) is 4.46. The highest BCUT2D eigenvalue weighted by Gasteiger charge is 2.05. The molecule has 2 rings (SSSR count). The normalized spacial score (nSPS) is 10.8. The van der Waals surface area contributed by atoms with Crippen LogP contribution in [-0.4, -0.2) is 11.0 Å². The van der Waals surface area contributed by atoms with Crippen molar-refractivity contribution in [3.63, 3.8) is 0 Å². The summed E-state index contributed by atoms with van der Waals surface area (Å²) in [7, 11) is 0. The van der Waals surface area contributed by atoms with Crippen LogP contribution in [0.2, 0.25) is 5.02 Å². The summed E-state index contributed by atoms with van der Waals surface area (Å²) in [5.41, 5.74) is 2.05. The second-order valence-electron chi connectivity index (χ2n) is 5.04. The van der Waals surface area contributed by atoms with Gasteiger partial charge in [-0.25, -0.2) is 4.98 Å². The molecule has 4 heteroatoms. The number of aromatic nitrogens is 1. The molecular formula is C16H19ClN2O. The van der Waals surface area contributed by atoms with E-state index in [1.54, 1.807) is 0 Å². The predicted molar refractivity (Wildman–Crippen MR) is 82.5 cm³/mol. The summed E-state index contributed by atoms with van der Waals surface area (Å²) in [6.45, 7) is 6.92. The minimum absolute atomic E-state index is 0.424. The van der Waals surface area contributed by atoms with Crippen molar-refractivity contribution in [1.82, 2.24) is 10.3 Å². The Kier molecular flexibility index (Phi) is 4.99. The third-order valence-electron chi connectivity index (χ3n) is 2.77. The molecule has 0 bridgehead atoms. The van der Waals surface area contributed by atoms with Crippen molar-refractivity contribution in [2.24, 2.45) is 0 Å². The van der Waals surface area contributed by atoms with E-state index in [4.69, 9.17) is 16.3 Å². The van der Waals surface area contributed by atoms with Gasteiger partial charge >= 0.3 is 0 Å². The summed E-state index contributed by atoms with van der Waals surface area (Å²) in [5, 5.41) is 3.92. The number of halogens is 1. The van der Waals surface area contributed by atoms with Crippen LogP contribution in [0.4, 0.5) is 0 Å². The standard InChI is InChI=1S/C16H19ClN2O/c1-11(2)18-10-13-5-4-6-16(19-13)20-15-8-7-12(3)9-14(15)17/h4-9,11,18H,10H2,1-3H3. The number of ether oxygens (including phenoxy) is 1. The van der Waals surface area contributed by atoms with Gasteiger partial charge in [0.15, 0.2) is 0 Å². The number of benzene rings is 1. The summed E-state index contributed by atoms with van der Waals surface area (Å²) >= 11 is 6.16. The molecule has 0 unspecified atom stereocenters. The lowest BCUT2D eigenvalue weighted by Crippen LogP contribution is -2.22. The van der Waals surface area contributed by atoms with E-state index in [-0.39, 0.29) is 0 Å². The SMILES string of the molecule is Cc1ccc(Oc2cccc(CNC(C)C)n2)c(Cl)c1. The Bertz CT molecular complexity index is 584. The van der Waals surface area contributed by atoms with Crippen LogP contribution in [0.1, 0.15) is 25.1 Å². The molecule has 0 fully saturated rings. The highest BCUT2D eigenvalue weighted by Crippen LogP contribution is 2.29. The second-order valence-corrected chi connectivity index (χ2v) is 5.45. The lowest BCUT2D eigenvalue weighted by molar-refractivity contribution is 0.458. The molecule has 2 aromatic rings. The van der Waals surface area contributed by atoms with Gasteiger partial charge in [0.2, 0.25) is 5.88 Å². The summed E-state index contributed by atoms with van der Waals surface area (Å²) < 4.78 is 5.74. The van der Waals surface area contributed by atoms with Gasteiger partial charge in [-0.15, -0.1) is 0 Å². The zero-order valence-corrected chi connectivity index (χ0v) is 12.7. The number of aryl methyl sites for hydroxylation is 1. The van der Waals surface area contributed by atoms with E-state index in [1.807, 2.05) is 43.3 Å². The largest absolute Gasteiger partial charge is 0.437 e. The summed E-state index contributed by atoms with van der Waals surface area (Å²) in [6, 6.07) is 11.9. The fourth-order valence-electron chi connectivity index (χ4n) is 1.72. The molecule has 106 valence electrons. The maximum Gasteiger partial charge on any atom is 0.219 e. The van der Waals surface area contributed by atoms with Gasteiger partial charge in [-0.1, -0.05) is 37.6 Å². The van der Waals surface area contributed by atoms with Crippen LogP contribution in [0.25, 0.3) is 0 Å². The molecule has 0 aliphatic rings. The van der Waals surface area contributed by atoms with E-state index in [0.29, 0.717) is 22.7 Å². The highest BCUT2D eigenvalue weighted by molar-refractivity contribution is 6.32. The van der Waals surface area contributed by atoms with E-state index >= 15 is 0 Å². The molecular weight excluding hydrogens is 272 g/mol. The predicted octanol–water partition coefficient (Wildman–Crippen LogP) is 4.33. The Morgan fingerprint density at radius 3 is 2.75 bits per heavy atom. The smallest absolute Gasteiger partial charge is 0.219 e. The lowest BCUT2D eigenvalue weighted by atomic mass is 10.2. The fourth-order valence-corrected chi connectivity index (χ4v) is 2.00. The van der Waals surface area contributed by atoms with Gasteiger partial charge in [0.1, 0.15) is 5.75 Å². The van der Waals surface area contributed by atoms with Gasteiger partial charge in [0.05, 0.1) is 10.7 Å². The van der Waals surface area contributed by atoms with E-state index in [2.05, 4.69) is 24.1 Å². The first kappa shape index (κ1) is 14.8. The molecule has 1 heterocycles. The number of nitrogens with zero attached hydrogens (tertiary/aromatic N) is 1. The van der Waals surface area contributed by atoms with Crippen molar-refractivity contribution in [1.29, 1.82) is 0 Å². The second kappa shape index (κ2) is 6.73. The molecule has 0 radical (unpaired) electrons. The van der Waals surface area contributed by atoms with Gasteiger partial charge in [0.25, 0.3) is 0 Å². The highest BCUT2D eigenvalue weighted by atomic mass is 35.5. The molecule has 1 N–H and O–H groups in total. The van der Waals surface area contributed by atoms with Gasteiger partial charge in [-0.05, 0) is 30.7 Å². The molecule has 0 aliphatic heterocycles. The van der Waals surface area contributed by atoms with Crippen molar-refractivity contribution in [2.75, 3.05) is 0 Å². The molecule has 0 saturated heterocycles. The molecule has 0 spiro atoms. The van der Waals surface area contributed by atoms with E-state index in [1.165, 1.54) is 0 Å². The lowest BCUT2D eigenvalue weighted by Gasteiger charge is -2.10. The van der Waals surface area contributed by atoms with Crippen LogP contribution in [0.5, 0.6) is 11.6 Å². The molecule has 20 heavy (non-hydrogen) atoms. The van der Waals surface area contributed by atoms with Crippen molar-refractivity contribution in [3.05, 3.63) is 52.7 Å².